The molecule has 0 radical (unpaired) electrons. The van der Waals surface area contributed by atoms with Crippen LogP contribution in [-0.4, -0.2) is 30.2 Å². The first-order chi connectivity index (χ1) is 18.1. The molecule has 0 bridgehead atoms. The largest absolute Gasteiger partial charge is 0.457 e. The number of tetrazole rings is 1. The molecule has 9 heteroatoms. The Morgan fingerprint density at radius 2 is 1.68 bits per heavy atom. The van der Waals surface area contributed by atoms with Gasteiger partial charge in [0.15, 0.2) is 0 Å². The van der Waals surface area contributed by atoms with E-state index in [2.05, 4.69) is 50.4 Å². The van der Waals surface area contributed by atoms with Crippen molar-refractivity contribution >= 4 is 23.2 Å². The minimum absolute atomic E-state index is 0.551. The summed E-state index contributed by atoms with van der Waals surface area (Å²) in [4.78, 5) is 4.93. The number of imidazole rings is 1. The average molecular weight is 533 g/mol. The fourth-order valence-electron chi connectivity index (χ4n) is 4.08. The molecule has 5 rings (SSSR count). The van der Waals surface area contributed by atoms with Crippen molar-refractivity contribution in [2.75, 3.05) is 0 Å². The number of unbranched alkanes of at least 4 members (excludes halogenated alkanes) is 1. The Labute approximate surface area is 225 Å². The van der Waals surface area contributed by atoms with Crippen molar-refractivity contribution in [2.24, 2.45) is 0 Å². The number of aryl methyl sites for hydroxylation is 3. The van der Waals surface area contributed by atoms with Crippen LogP contribution in [0.2, 0.25) is 10.0 Å². The van der Waals surface area contributed by atoms with E-state index in [1.54, 1.807) is 6.07 Å². The fraction of sp³-hybridized carbons (Fsp3) is 0.214. The second-order valence-electron chi connectivity index (χ2n) is 8.72. The Kier molecular flexibility index (Phi) is 7.82. The van der Waals surface area contributed by atoms with Gasteiger partial charge in [-0.2, -0.15) is 5.21 Å². The molecule has 0 spiro atoms. The molecule has 1 N–H and O–H groups in total. The molecule has 7 nitrogen and oxygen atoms in total. The van der Waals surface area contributed by atoms with Crippen molar-refractivity contribution in [3.8, 4) is 34.1 Å². The van der Waals surface area contributed by atoms with Crippen molar-refractivity contribution in [3.05, 3.63) is 94.4 Å². The molecule has 0 saturated carbocycles. The smallest absolute Gasteiger partial charge is 0.204 e. The summed E-state index contributed by atoms with van der Waals surface area (Å²) in [6.45, 7) is 3.13. The molecular weight excluding hydrogens is 507 g/mol. The molecule has 5 aromatic rings. The van der Waals surface area contributed by atoms with Gasteiger partial charge in [0.1, 0.15) is 17.3 Å². The van der Waals surface area contributed by atoms with Gasteiger partial charge in [0, 0.05) is 35.3 Å². The monoisotopic (exact) mass is 532 g/mol. The molecule has 0 atom stereocenters. The van der Waals surface area contributed by atoms with Gasteiger partial charge < -0.3 is 9.30 Å². The fourth-order valence-corrected chi connectivity index (χ4v) is 4.58. The number of H-pyrrole nitrogens is 1. The van der Waals surface area contributed by atoms with E-state index in [1.807, 2.05) is 48.5 Å². The number of nitrogens with one attached hydrogen (secondary N) is 1. The summed E-state index contributed by atoms with van der Waals surface area (Å²) in [5.74, 6) is 3.12. The first-order valence-corrected chi connectivity index (χ1v) is 13.0. The van der Waals surface area contributed by atoms with Crippen LogP contribution in [0.3, 0.4) is 0 Å². The van der Waals surface area contributed by atoms with E-state index in [0.717, 1.165) is 66.4 Å². The summed E-state index contributed by atoms with van der Waals surface area (Å²) in [6.07, 6.45) is 6.01. The Morgan fingerprint density at radius 1 is 0.919 bits per heavy atom. The second-order valence-corrected chi connectivity index (χ2v) is 9.56. The number of rotatable bonds is 10. The number of nitrogens with zero attached hydrogens (tertiary/aromatic N) is 5. The van der Waals surface area contributed by atoms with Gasteiger partial charge in [-0.3, -0.25) is 0 Å². The highest BCUT2D eigenvalue weighted by atomic mass is 35.5. The molecule has 0 aliphatic rings. The summed E-state index contributed by atoms with van der Waals surface area (Å²) in [5.41, 5.74) is 3.86. The maximum atomic E-state index is 6.45. The van der Waals surface area contributed by atoms with Crippen LogP contribution in [0.25, 0.3) is 22.6 Å². The molecule has 0 saturated heterocycles. The van der Waals surface area contributed by atoms with E-state index in [-0.39, 0.29) is 0 Å². The third-order valence-corrected chi connectivity index (χ3v) is 6.62. The lowest BCUT2D eigenvalue weighted by atomic mass is 10.1. The number of hydrogen-bond donors (Lipinski definition) is 1. The Balaban J connectivity index is 1.24. The van der Waals surface area contributed by atoms with Crippen LogP contribution in [0.15, 0.2) is 72.9 Å². The first kappa shape index (κ1) is 25.0. The third-order valence-electron chi connectivity index (χ3n) is 6.07. The van der Waals surface area contributed by atoms with Crippen LogP contribution >= 0.6 is 23.2 Å². The molecule has 2 heterocycles. The molecular formula is C28H26Cl2N6O. The van der Waals surface area contributed by atoms with Gasteiger partial charge in [-0.1, -0.05) is 48.7 Å². The molecule has 0 aliphatic heterocycles. The predicted molar refractivity (Wildman–Crippen MR) is 146 cm³/mol. The number of ether oxygens (including phenoxy) is 1. The topological polar surface area (TPSA) is 81.5 Å². The number of halogens is 2. The predicted octanol–water partition coefficient (Wildman–Crippen LogP) is 7.41. The minimum atomic E-state index is 0.551. The zero-order valence-electron chi connectivity index (χ0n) is 20.4. The highest BCUT2D eigenvalue weighted by Crippen LogP contribution is 2.30. The minimum Gasteiger partial charge on any atom is -0.457 e. The third kappa shape index (κ3) is 6.18. The molecule has 3 aromatic carbocycles. The van der Waals surface area contributed by atoms with E-state index in [0.29, 0.717) is 15.9 Å². The summed E-state index contributed by atoms with van der Waals surface area (Å²) in [5, 5.41) is 15.2. The van der Waals surface area contributed by atoms with E-state index in [4.69, 9.17) is 32.9 Å². The second kappa shape index (κ2) is 11.6. The normalized spacial score (nSPS) is 11.1. The lowest BCUT2D eigenvalue weighted by molar-refractivity contribution is 0.482. The summed E-state index contributed by atoms with van der Waals surface area (Å²) < 4.78 is 8.25. The number of hydrogen-bond acceptors (Lipinski definition) is 5. The molecule has 0 aliphatic carbocycles. The van der Waals surface area contributed by atoms with E-state index in [9.17, 15) is 0 Å². The van der Waals surface area contributed by atoms with Crippen LogP contribution in [0, 0.1) is 0 Å². The SMILES string of the molecule is CCCCn1cc(-c2ccc(Cl)cc2Cl)nc1CCc1ccc(Oc2ccc(-c3nn[nH]n3)cc2)cc1. The van der Waals surface area contributed by atoms with Crippen molar-refractivity contribution in [2.45, 2.75) is 39.2 Å². The summed E-state index contributed by atoms with van der Waals surface area (Å²) in [7, 11) is 0. The summed E-state index contributed by atoms with van der Waals surface area (Å²) >= 11 is 12.5. The average Bonchev–Trinajstić information content (AvgIpc) is 3.58. The Morgan fingerprint density at radius 3 is 2.35 bits per heavy atom. The van der Waals surface area contributed by atoms with E-state index < -0.39 is 0 Å². The van der Waals surface area contributed by atoms with Crippen molar-refractivity contribution in [3.63, 3.8) is 0 Å². The maximum Gasteiger partial charge on any atom is 0.204 e. The van der Waals surface area contributed by atoms with E-state index in [1.165, 1.54) is 5.56 Å². The molecule has 37 heavy (non-hydrogen) atoms. The van der Waals surface area contributed by atoms with Crippen molar-refractivity contribution in [1.29, 1.82) is 0 Å². The zero-order chi connectivity index (χ0) is 25.6. The zero-order valence-corrected chi connectivity index (χ0v) is 21.9. The van der Waals surface area contributed by atoms with Crippen LogP contribution in [0.1, 0.15) is 31.2 Å². The number of benzene rings is 3. The van der Waals surface area contributed by atoms with Crippen LogP contribution < -0.4 is 4.74 Å². The molecule has 0 amide bonds. The Bertz CT molecular complexity index is 1450. The first-order valence-electron chi connectivity index (χ1n) is 12.2. The van der Waals surface area contributed by atoms with Gasteiger partial charge in [-0.15, -0.1) is 10.2 Å². The van der Waals surface area contributed by atoms with Crippen molar-refractivity contribution in [1.82, 2.24) is 30.2 Å². The van der Waals surface area contributed by atoms with Gasteiger partial charge in [0.2, 0.25) is 5.82 Å². The number of aromatic amines is 1. The van der Waals surface area contributed by atoms with Crippen molar-refractivity contribution < 1.29 is 4.74 Å². The maximum absolute atomic E-state index is 6.45. The van der Waals surface area contributed by atoms with Gasteiger partial charge in [-0.05, 0) is 78.2 Å². The quantitative estimate of drug-likeness (QED) is 0.202. The van der Waals surface area contributed by atoms with Gasteiger partial charge in [0.05, 0.1) is 10.7 Å². The van der Waals surface area contributed by atoms with Crippen LogP contribution in [0.4, 0.5) is 0 Å². The van der Waals surface area contributed by atoms with Gasteiger partial charge in [0.25, 0.3) is 0 Å². The summed E-state index contributed by atoms with van der Waals surface area (Å²) in [6, 6.07) is 21.3. The lowest BCUT2D eigenvalue weighted by Crippen LogP contribution is -2.04. The molecule has 0 fully saturated rings. The van der Waals surface area contributed by atoms with E-state index >= 15 is 0 Å². The molecule has 188 valence electrons. The van der Waals surface area contributed by atoms with Gasteiger partial charge >= 0.3 is 0 Å². The van der Waals surface area contributed by atoms with Crippen LogP contribution in [-0.2, 0) is 19.4 Å². The highest BCUT2D eigenvalue weighted by Gasteiger charge is 2.13. The standard InChI is InChI=1S/C28H26Cl2N6O/c1-2-3-16-36-18-26(24-14-9-21(29)17-25(24)30)31-27(36)15-6-19-4-10-22(11-5-19)37-23-12-7-20(8-13-23)28-32-34-35-33-28/h4-5,7-14,17-18H,2-3,6,15-16H2,1H3,(H,32,33,34,35). The van der Waals surface area contributed by atoms with Gasteiger partial charge in [-0.25, -0.2) is 4.98 Å². The van der Waals surface area contributed by atoms with Crippen LogP contribution in [0.5, 0.6) is 11.5 Å². The molecule has 2 aromatic heterocycles. The number of aromatic nitrogens is 6. The highest BCUT2D eigenvalue weighted by molar-refractivity contribution is 6.36. The lowest BCUT2D eigenvalue weighted by Gasteiger charge is -2.09. The Hall–Kier alpha value is -3.68. The molecule has 0 unspecified atom stereocenters.